The summed E-state index contributed by atoms with van der Waals surface area (Å²) < 4.78 is 5.51. The van der Waals surface area contributed by atoms with Gasteiger partial charge in [0.15, 0.2) is 0 Å². The summed E-state index contributed by atoms with van der Waals surface area (Å²) in [5.41, 5.74) is 2.20. The number of hydrogen-bond donors (Lipinski definition) is 2. The summed E-state index contributed by atoms with van der Waals surface area (Å²) >= 11 is 6.08. The normalized spacial score (nSPS) is 18.1. The number of hydrogen-bond acceptors (Lipinski definition) is 3. The molecule has 1 aliphatic rings. The van der Waals surface area contributed by atoms with Crippen LogP contribution in [0.4, 0.5) is 11.4 Å². The van der Waals surface area contributed by atoms with Gasteiger partial charge in [-0.05, 0) is 50.1 Å². The lowest BCUT2D eigenvalue weighted by atomic mass is 10.2. The van der Waals surface area contributed by atoms with Gasteiger partial charge in [-0.25, -0.2) is 0 Å². The molecule has 2 unspecified atom stereocenters. The van der Waals surface area contributed by atoms with Gasteiger partial charge in [0.05, 0.1) is 24.1 Å². The third-order valence-corrected chi connectivity index (χ3v) is 4.76. The second-order valence-corrected chi connectivity index (χ2v) is 6.73. The Morgan fingerprint density at radius 3 is 2.50 bits per heavy atom. The number of benzene rings is 2. The van der Waals surface area contributed by atoms with Crippen molar-refractivity contribution in [2.45, 2.75) is 20.3 Å². The lowest BCUT2D eigenvalue weighted by molar-refractivity contribution is -0.122. The lowest BCUT2D eigenvalue weighted by Gasteiger charge is -2.11. The van der Waals surface area contributed by atoms with Gasteiger partial charge in [-0.15, -0.1) is 0 Å². The zero-order valence-electron chi connectivity index (χ0n) is 14.7. The minimum Gasteiger partial charge on any atom is -0.492 e. The van der Waals surface area contributed by atoms with Crippen molar-refractivity contribution in [1.29, 1.82) is 0 Å². The third-order valence-electron chi connectivity index (χ3n) is 4.35. The van der Waals surface area contributed by atoms with E-state index in [1.54, 1.807) is 24.3 Å². The summed E-state index contributed by atoms with van der Waals surface area (Å²) in [6, 6.07) is 12.6. The average molecular weight is 373 g/mol. The first-order valence-electron chi connectivity index (χ1n) is 8.59. The van der Waals surface area contributed by atoms with Crippen LogP contribution < -0.4 is 15.4 Å². The van der Waals surface area contributed by atoms with E-state index in [4.69, 9.17) is 16.3 Å². The summed E-state index contributed by atoms with van der Waals surface area (Å²) in [4.78, 5) is 24.8. The number of nitrogens with one attached hydrogen (secondary N) is 2. The summed E-state index contributed by atoms with van der Waals surface area (Å²) in [5, 5.41) is 6.28. The van der Waals surface area contributed by atoms with E-state index in [2.05, 4.69) is 10.6 Å². The Morgan fingerprint density at radius 2 is 1.81 bits per heavy atom. The first-order valence-corrected chi connectivity index (χ1v) is 8.97. The molecule has 6 heteroatoms. The zero-order chi connectivity index (χ0) is 18.7. The highest BCUT2D eigenvalue weighted by Crippen LogP contribution is 2.41. The van der Waals surface area contributed by atoms with Crippen molar-refractivity contribution < 1.29 is 14.3 Å². The Kier molecular flexibility index (Phi) is 5.47. The minimum atomic E-state index is -0.328. The second-order valence-electron chi connectivity index (χ2n) is 6.32. The zero-order valence-corrected chi connectivity index (χ0v) is 15.5. The lowest BCUT2D eigenvalue weighted by Crippen LogP contribution is -2.20. The van der Waals surface area contributed by atoms with Crippen LogP contribution in [-0.4, -0.2) is 18.4 Å². The fourth-order valence-electron chi connectivity index (χ4n) is 2.76. The number of carbonyl (C=O) groups is 2. The molecular weight excluding hydrogens is 352 g/mol. The van der Waals surface area contributed by atoms with Gasteiger partial charge >= 0.3 is 0 Å². The van der Waals surface area contributed by atoms with Gasteiger partial charge in [-0.3, -0.25) is 9.59 Å². The molecule has 0 saturated heterocycles. The predicted octanol–water partition coefficient (Wildman–Crippen LogP) is 4.26. The molecular formula is C20H21ClN2O3. The SMILES string of the molecule is CCOc1ccccc1NC(=O)C1CC1C(=O)Nc1ccc(C)c(Cl)c1. The van der Waals surface area contributed by atoms with Crippen LogP contribution in [0.5, 0.6) is 5.75 Å². The Bertz CT molecular complexity index is 838. The Balaban J connectivity index is 1.58. The molecule has 3 rings (SSSR count). The molecule has 1 fully saturated rings. The maximum absolute atomic E-state index is 12.4. The van der Waals surface area contributed by atoms with Gasteiger partial charge in [0, 0.05) is 10.7 Å². The quantitative estimate of drug-likeness (QED) is 0.796. The minimum absolute atomic E-state index is 0.164. The molecule has 0 bridgehead atoms. The summed E-state index contributed by atoms with van der Waals surface area (Å²) in [7, 11) is 0. The number of aryl methyl sites for hydroxylation is 1. The summed E-state index contributed by atoms with van der Waals surface area (Å²) in [5.74, 6) is -0.360. The topological polar surface area (TPSA) is 67.4 Å². The van der Waals surface area contributed by atoms with Crippen LogP contribution in [0.2, 0.25) is 5.02 Å². The van der Waals surface area contributed by atoms with E-state index >= 15 is 0 Å². The number of anilines is 2. The number of ether oxygens (including phenoxy) is 1. The number of halogens is 1. The molecule has 1 aliphatic carbocycles. The monoisotopic (exact) mass is 372 g/mol. The largest absolute Gasteiger partial charge is 0.492 e. The van der Waals surface area contributed by atoms with Crippen molar-refractivity contribution in [1.82, 2.24) is 0 Å². The van der Waals surface area contributed by atoms with Crippen LogP contribution in [0.1, 0.15) is 18.9 Å². The third kappa shape index (κ3) is 4.17. The Hall–Kier alpha value is -2.53. The highest BCUT2D eigenvalue weighted by Gasteiger charge is 2.48. The Morgan fingerprint density at radius 1 is 1.12 bits per heavy atom. The molecule has 1 saturated carbocycles. The van der Waals surface area contributed by atoms with Gasteiger partial charge in [0.2, 0.25) is 11.8 Å². The van der Waals surface area contributed by atoms with E-state index in [9.17, 15) is 9.59 Å². The van der Waals surface area contributed by atoms with E-state index in [1.807, 2.05) is 32.0 Å². The molecule has 2 aromatic rings. The molecule has 2 aromatic carbocycles. The molecule has 26 heavy (non-hydrogen) atoms. The van der Waals surface area contributed by atoms with Crippen LogP contribution in [-0.2, 0) is 9.59 Å². The van der Waals surface area contributed by atoms with E-state index in [-0.39, 0.29) is 23.7 Å². The van der Waals surface area contributed by atoms with E-state index < -0.39 is 0 Å². The molecule has 5 nitrogen and oxygen atoms in total. The number of para-hydroxylation sites is 2. The standard InChI is InChI=1S/C20H21ClN2O3/c1-3-26-18-7-5-4-6-17(18)23-20(25)15-11-14(15)19(24)22-13-9-8-12(2)16(21)10-13/h4-10,14-15H,3,11H2,1-2H3,(H,22,24)(H,23,25). The summed E-state index contributed by atoms with van der Waals surface area (Å²) in [6.45, 7) is 4.30. The maximum Gasteiger partial charge on any atom is 0.228 e. The van der Waals surface area contributed by atoms with Crippen LogP contribution in [0.25, 0.3) is 0 Å². The molecule has 2 atom stereocenters. The van der Waals surface area contributed by atoms with Crippen molar-refractivity contribution in [3.05, 3.63) is 53.1 Å². The number of carbonyl (C=O) groups excluding carboxylic acids is 2. The smallest absolute Gasteiger partial charge is 0.228 e. The first-order chi connectivity index (χ1) is 12.5. The molecule has 0 aromatic heterocycles. The van der Waals surface area contributed by atoms with Gasteiger partial charge in [-0.2, -0.15) is 0 Å². The molecule has 2 amide bonds. The maximum atomic E-state index is 12.4. The van der Waals surface area contributed by atoms with Crippen LogP contribution >= 0.6 is 11.6 Å². The van der Waals surface area contributed by atoms with Crippen LogP contribution in [0.15, 0.2) is 42.5 Å². The van der Waals surface area contributed by atoms with Crippen molar-refractivity contribution in [3.63, 3.8) is 0 Å². The van der Waals surface area contributed by atoms with Gasteiger partial charge in [0.25, 0.3) is 0 Å². The molecule has 0 radical (unpaired) electrons. The highest BCUT2D eigenvalue weighted by molar-refractivity contribution is 6.31. The molecule has 0 spiro atoms. The average Bonchev–Trinajstić information content (AvgIpc) is 3.41. The fraction of sp³-hybridized carbons (Fsp3) is 0.300. The molecule has 0 aliphatic heterocycles. The van der Waals surface area contributed by atoms with Crippen molar-refractivity contribution in [2.24, 2.45) is 11.8 Å². The van der Waals surface area contributed by atoms with Crippen LogP contribution in [0.3, 0.4) is 0 Å². The molecule has 2 N–H and O–H groups in total. The van der Waals surface area contributed by atoms with Crippen LogP contribution in [0, 0.1) is 18.8 Å². The van der Waals surface area contributed by atoms with Crippen molar-refractivity contribution in [2.75, 3.05) is 17.2 Å². The highest BCUT2D eigenvalue weighted by atomic mass is 35.5. The second kappa shape index (κ2) is 7.79. The van der Waals surface area contributed by atoms with Gasteiger partial charge < -0.3 is 15.4 Å². The molecule has 136 valence electrons. The van der Waals surface area contributed by atoms with Crippen molar-refractivity contribution in [3.8, 4) is 5.75 Å². The number of rotatable bonds is 6. The predicted molar refractivity (Wildman–Crippen MR) is 103 cm³/mol. The first kappa shape index (κ1) is 18.3. The van der Waals surface area contributed by atoms with Crippen molar-refractivity contribution >= 4 is 34.8 Å². The Labute approximate surface area is 157 Å². The number of amides is 2. The van der Waals surface area contributed by atoms with E-state index in [0.717, 1.165) is 5.56 Å². The van der Waals surface area contributed by atoms with Gasteiger partial charge in [-0.1, -0.05) is 29.8 Å². The van der Waals surface area contributed by atoms with E-state index in [1.165, 1.54) is 0 Å². The summed E-state index contributed by atoms with van der Waals surface area (Å²) in [6.07, 6.45) is 0.536. The fourth-order valence-corrected chi connectivity index (χ4v) is 2.94. The van der Waals surface area contributed by atoms with Gasteiger partial charge in [0.1, 0.15) is 5.75 Å². The van der Waals surface area contributed by atoms with E-state index in [0.29, 0.717) is 35.2 Å². The molecule has 0 heterocycles.